The SMILES string of the molecule is CCCCc1ccc(-c2ccc(C(=O)NCC(=O)NC3CCC(=O)NCCCC(C(=O)NCB4O[C@@H]5CC6CC(C6(C)C)[C@]5(C)O4)CNC3=O)cc2)cc1. The summed E-state index contributed by atoms with van der Waals surface area (Å²) in [7, 11) is -0.545. The van der Waals surface area contributed by atoms with Crippen molar-refractivity contribution in [3.05, 3.63) is 59.7 Å². The molecule has 3 aliphatic carbocycles. The Morgan fingerprint density at radius 2 is 1.65 bits per heavy atom. The van der Waals surface area contributed by atoms with Crippen molar-refractivity contribution in [2.24, 2.45) is 23.2 Å². The van der Waals surface area contributed by atoms with Gasteiger partial charge < -0.3 is 35.9 Å². The number of aryl methyl sites for hydroxylation is 1. The van der Waals surface area contributed by atoms with Gasteiger partial charge in [-0.1, -0.05) is 63.6 Å². The average Bonchev–Trinajstić information content (AvgIpc) is 3.52. The van der Waals surface area contributed by atoms with Crippen LogP contribution in [-0.4, -0.2) is 80.5 Å². The van der Waals surface area contributed by atoms with Crippen molar-refractivity contribution in [1.82, 2.24) is 26.6 Å². The van der Waals surface area contributed by atoms with Crippen LogP contribution in [0.2, 0.25) is 0 Å². The van der Waals surface area contributed by atoms with Crippen LogP contribution in [0.15, 0.2) is 48.5 Å². The number of carbonyl (C=O) groups is 5. The summed E-state index contributed by atoms with van der Waals surface area (Å²) >= 11 is 0. The standard InChI is InChI=1S/C41H56BN5O7/c1-5-6-8-26-10-12-27(13-11-26)28-14-16-29(17-15-28)37(50)45-24-36(49)47-32-18-19-35(48)43-20-7-9-30(23-44-39(32)52)38(51)46-25-42-53-34-22-31-21-33(40(31,2)3)41(34,4)54-42/h10-17,30-34H,5-9,18-25H2,1-4H3,(H,43,48)(H,44,52)(H,45,50)(H,46,51)(H,47,49)/t30?,31?,32?,33?,34-,41+/m1/s1. The molecule has 6 atom stereocenters. The van der Waals surface area contributed by atoms with Crippen LogP contribution in [0, 0.1) is 23.2 Å². The van der Waals surface area contributed by atoms with Crippen LogP contribution in [0.25, 0.3) is 11.1 Å². The first-order chi connectivity index (χ1) is 25.9. The quantitative estimate of drug-likeness (QED) is 0.219. The van der Waals surface area contributed by atoms with Crippen molar-refractivity contribution >= 4 is 36.7 Å². The van der Waals surface area contributed by atoms with Gasteiger partial charge in [0.2, 0.25) is 23.6 Å². The predicted molar refractivity (Wildman–Crippen MR) is 206 cm³/mol. The van der Waals surface area contributed by atoms with E-state index in [4.69, 9.17) is 9.31 Å². The van der Waals surface area contributed by atoms with E-state index in [1.54, 1.807) is 12.1 Å². The van der Waals surface area contributed by atoms with Crippen LogP contribution in [0.4, 0.5) is 0 Å². The molecule has 13 heteroatoms. The molecule has 3 saturated carbocycles. The minimum Gasteiger partial charge on any atom is -0.404 e. The smallest absolute Gasteiger partial charge is 0.404 e. The number of nitrogens with one attached hydrogen (secondary N) is 5. The molecule has 5 amide bonds. The molecule has 12 nitrogen and oxygen atoms in total. The predicted octanol–water partition coefficient (Wildman–Crippen LogP) is 3.72. The maximum Gasteiger partial charge on any atom is 0.478 e. The van der Waals surface area contributed by atoms with E-state index in [0.29, 0.717) is 36.8 Å². The molecule has 5 N–H and O–H groups in total. The Balaban J connectivity index is 0.977. The van der Waals surface area contributed by atoms with Gasteiger partial charge in [0.1, 0.15) is 6.04 Å². The van der Waals surface area contributed by atoms with Crippen LogP contribution < -0.4 is 26.6 Å². The van der Waals surface area contributed by atoms with Gasteiger partial charge in [-0.2, -0.15) is 0 Å². The summed E-state index contributed by atoms with van der Waals surface area (Å²) in [6.07, 6.45) is 6.75. The monoisotopic (exact) mass is 741 g/mol. The number of hydrogen-bond donors (Lipinski definition) is 5. The molecule has 4 unspecified atom stereocenters. The fourth-order valence-corrected chi connectivity index (χ4v) is 8.81. The van der Waals surface area contributed by atoms with Gasteiger partial charge in [-0.25, -0.2) is 0 Å². The Kier molecular flexibility index (Phi) is 12.5. The van der Waals surface area contributed by atoms with Crippen molar-refractivity contribution in [3.63, 3.8) is 0 Å². The van der Waals surface area contributed by atoms with E-state index >= 15 is 0 Å². The highest BCUT2D eigenvalue weighted by Gasteiger charge is 2.67. The Labute approximate surface area is 319 Å². The van der Waals surface area contributed by atoms with Crippen LogP contribution in [-0.2, 0) is 34.9 Å². The van der Waals surface area contributed by atoms with E-state index in [-0.39, 0.29) is 61.3 Å². The van der Waals surface area contributed by atoms with Gasteiger partial charge in [0.25, 0.3) is 5.91 Å². The first-order valence-corrected chi connectivity index (χ1v) is 19.8. The van der Waals surface area contributed by atoms with Crippen LogP contribution >= 0.6 is 0 Å². The molecule has 0 spiro atoms. The third-order valence-electron chi connectivity index (χ3n) is 12.4. The zero-order valence-electron chi connectivity index (χ0n) is 32.1. The van der Waals surface area contributed by atoms with Crippen molar-refractivity contribution in [1.29, 1.82) is 0 Å². The van der Waals surface area contributed by atoms with Crippen molar-refractivity contribution in [2.45, 2.75) is 103 Å². The van der Waals surface area contributed by atoms with Gasteiger partial charge >= 0.3 is 7.12 Å². The van der Waals surface area contributed by atoms with Crippen molar-refractivity contribution in [3.8, 4) is 11.1 Å². The summed E-state index contributed by atoms with van der Waals surface area (Å²) in [6, 6.07) is 14.5. The summed E-state index contributed by atoms with van der Waals surface area (Å²) in [4.78, 5) is 65.1. The summed E-state index contributed by atoms with van der Waals surface area (Å²) in [5, 5.41) is 13.9. The van der Waals surface area contributed by atoms with Gasteiger partial charge in [0.15, 0.2) is 0 Å². The average molecular weight is 742 g/mol. The fourth-order valence-electron chi connectivity index (χ4n) is 8.81. The molecule has 2 aromatic rings. The number of amides is 5. The van der Waals surface area contributed by atoms with Crippen molar-refractivity contribution < 1.29 is 33.3 Å². The molecule has 5 aliphatic rings. The number of benzene rings is 2. The van der Waals surface area contributed by atoms with Crippen LogP contribution in [0.3, 0.4) is 0 Å². The summed E-state index contributed by atoms with van der Waals surface area (Å²) in [5.41, 5.74) is 3.57. The lowest BCUT2D eigenvalue weighted by Gasteiger charge is -2.64. The molecule has 0 aromatic heterocycles. The van der Waals surface area contributed by atoms with E-state index in [9.17, 15) is 24.0 Å². The van der Waals surface area contributed by atoms with Gasteiger partial charge in [0, 0.05) is 25.1 Å². The first kappa shape index (κ1) is 39.5. The largest absolute Gasteiger partial charge is 0.478 e. The zero-order chi connectivity index (χ0) is 38.5. The Morgan fingerprint density at radius 3 is 2.35 bits per heavy atom. The molecule has 290 valence electrons. The van der Waals surface area contributed by atoms with E-state index in [1.807, 2.05) is 12.1 Å². The number of carbonyl (C=O) groups excluding carboxylic acids is 5. The second-order valence-electron chi connectivity index (χ2n) is 16.3. The number of unbranched alkanes of at least 4 members (excludes halogenated alkanes) is 1. The first-order valence-electron chi connectivity index (χ1n) is 19.8. The minimum atomic E-state index is -1.03. The third-order valence-corrected chi connectivity index (χ3v) is 12.4. The second kappa shape index (κ2) is 17.1. The lowest BCUT2D eigenvalue weighted by molar-refractivity contribution is -0.199. The van der Waals surface area contributed by atoms with Gasteiger partial charge in [-0.3, -0.25) is 24.0 Å². The summed E-state index contributed by atoms with van der Waals surface area (Å²) in [6.45, 7) is 9.00. The molecule has 54 heavy (non-hydrogen) atoms. The highest BCUT2D eigenvalue weighted by atomic mass is 16.7. The van der Waals surface area contributed by atoms with E-state index in [0.717, 1.165) is 43.2 Å². The highest BCUT2D eigenvalue weighted by Crippen LogP contribution is 2.65. The number of hydrogen-bond acceptors (Lipinski definition) is 7. The maximum atomic E-state index is 13.4. The molecule has 7 rings (SSSR count). The fraction of sp³-hybridized carbons (Fsp3) is 0.585. The zero-order valence-corrected chi connectivity index (χ0v) is 32.1. The maximum absolute atomic E-state index is 13.4. The lowest BCUT2D eigenvalue weighted by atomic mass is 9.43. The highest BCUT2D eigenvalue weighted by molar-refractivity contribution is 6.46. The summed E-state index contributed by atoms with van der Waals surface area (Å²) < 4.78 is 12.7. The molecule has 0 radical (unpaired) electrons. The molecule has 5 fully saturated rings. The Hall–Kier alpha value is -4.23. The van der Waals surface area contributed by atoms with Gasteiger partial charge in [-0.15, -0.1) is 0 Å². The molecule has 2 bridgehead atoms. The van der Waals surface area contributed by atoms with Crippen LogP contribution in [0.1, 0.15) is 95.0 Å². The molecular weight excluding hydrogens is 685 g/mol. The molecule has 2 aliphatic heterocycles. The lowest BCUT2D eigenvalue weighted by Crippen LogP contribution is -2.65. The van der Waals surface area contributed by atoms with Gasteiger partial charge in [0.05, 0.1) is 30.6 Å². The van der Waals surface area contributed by atoms with E-state index < -0.39 is 36.8 Å². The molecular formula is C41H56BN5O7. The molecule has 2 aromatic carbocycles. The Morgan fingerprint density at radius 1 is 0.926 bits per heavy atom. The third kappa shape index (κ3) is 9.00. The molecule has 2 heterocycles. The van der Waals surface area contributed by atoms with E-state index in [1.165, 1.54) is 5.56 Å². The molecule has 2 saturated heterocycles. The van der Waals surface area contributed by atoms with Crippen molar-refractivity contribution in [2.75, 3.05) is 26.1 Å². The normalized spacial score (nSPS) is 27.9. The second-order valence-corrected chi connectivity index (χ2v) is 16.3. The number of rotatable bonds is 11. The minimum absolute atomic E-state index is 0.0104. The Bertz CT molecular complexity index is 1690. The topological polar surface area (TPSA) is 164 Å². The summed E-state index contributed by atoms with van der Waals surface area (Å²) in [5.74, 6) is -1.53. The van der Waals surface area contributed by atoms with Gasteiger partial charge in [-0.05, 0) is 97.9 Å². The van der Waals surface area contributed by atoms with E-state index in [2.05, 4.69) is 78.5 Å². The van der Waals surface area contributed by atoms with Crippen LogP contribution in [0.5, 0.6) is 0 Å².